The van der Waals surface area contributed by atoms with E-state index in [1.165, 1.54) is 0 Å². The smallest absolute Gasteiger partial charge is 0.247 e. The summed E-state index contributed by atoms with van der Waals surface area (Å²) in [5, 5.41) is 2.96. The Morgan fingerprint density at radius 1 is 1.32 bits per heavy atom. The van der Waals surface area contributed by atoms with Crippen LogP contribution in [0.15, 0.2) is 22.7 Å². The first kappa shape index (κ1) is 17.0. The van der Waals surface area contributed by atoms with Crippen molar-refractivity contribution < 1.29 is 9.59 Å². The van der Waals surface area contributed by atoms with E-state index in [-0.39, 0.29) is 17.9 Å². The first-order valence-electron chi connectivity index (χ1n) is 7.58. The van der Waals surface area contributed by atoms with Gasteiger partial charge in [0.25, 0.3) is 0 Å². The number of nitrogens with one attached hydrogen (secondary N) is 1. The van der Waals surface area contributed by atoms with Gasteiger partial charge in [0.1, 0.15) is 6.04 Å². The molecule has 0 radical (unpaired) electrons. The summed E-state index contributed by atoms with van der Waals surface area (Å²) >= 11 is 3.41. The third-order valence-electron chi connectivity index (χ3n) is 3.90. The number of hydrogen-bond acceptors (Lipinski definition) is 2. The molecule has 1 heterocycles. The topological polar surface area (TPSA) is 49.4 Å². The highest BCUT2D eigenvalue weighted by Crippen LogP contribution is 2.27. The van der Waals surface area contributed by atoms with E-state index in [1.54, 1.807) is 4.90 Å². The van der Waals surface area contributed by atoms with Gasteiger partial charge in [0, 0.05) is 22.1 Å². The van der Waals surface area contributed by atoms with Crippen LogP contribution in [0.3, 0.4) is 0 Å². The predicted molar refractivity (Wildman–Crippen MR) is 91.7 cm³/mol. The van der Waals surface area contributed by atoms with Gasteiger partial charge in [-0.1, -0.05) is 36.7 Å². The van der Waals surface area contributed by atoms with Gasteiger partial charge in [-0.25, -0.2) is 0 Å². The van der Waals surface area contributed by atoms with E-state index in [2.05, 4.69) is 21.2 Å². The zero-order valence-electron chi connectivity index (χ0n) is 13.6. The molecule has 2 amide bonds. The number of carbonyl (C=O) groups excluding carboxylic acids is 2. The molecule has 1 N–H and O–H groups in total. The molecule has 0 saturated carbocycles. The van der Waals surface area contributed by atoms with Crippen molar-refractivity contribution in [3.05, 3.63) is 28.2 Å². The van der Waals surface area contributed by atoms with Crippen LogP contribution in [0.1, 0.15) is 39.2 Å². The van der Waals surface area contributed by atoms with Crippen molar-refractivity contribution in [3.63, 3.8) is 0 Å². The third kappa shape index (κ3) is 3.69. The van der Waals surface area contributed by atoms with Crippen LogP contribution in [0.2, 0.25) is 0 Å². The lowest BCUT2D eigenvalue weighted by atomic mass is 9.94. The molecule has 0 aromatic heterocycles. The minimum atomic E-state index is -0.462. The van der Waals surface area contributed by atoms with Crippen molar-refractivity contribution in [1.82, 2.24) is 4.90 Å². The van der Waals surface area contributed by atoms with E-state index in [0.29, 0.717) is 6.54 Å². The van der Waals surface area contributed by atoms with E-state index >= 15 is 0 Å². The molecule has 0 aliphatic carbocycles. The first-order chi connectivity index (χ1) is 10.2. The van der Waals surface area contributed by atoms with Crippen molar-refractivity contribution in [1.29, 1.82) is 0 Å². The summed E-state index contributed by atoms with van der Waals surface area (Å²) in [6.07, 6.45) is 1.60. The number of carbonyl (C=O) groups is 2. The van der Waals surface area contributed by atoms with Crippen LogP contribution in [0.25, 0.3) is 0 Å². The molecule has 1 atom stereocenters. The zero-order chi connectivity index (χ0) is 16.5. The van der Waals surface area contributed by atoms with Crippen molar-refractivity contribution in [2.75, 3.05) is 11.9 Å². The second-order valence-electron chi connectivity index (χ2n) is 6.86. The van der Waals surface area contributed by atoms with E-state index in [1.807, 2.05) is 45.9 Å². The Hall–Kier alpha value is -1.36. The van der Waals surface area contributed by atoms with E-state index < -0.39 is 5.41 Å². The summed E-state index contributed by atoms with van der Waals surface area (Å²) < 4.78 is 0.980. The molecule has 1 aliphatic heterocycles. The van der Waals surface area contributed by atoms with Gasteiger partial charge in [0.15, 0.2) is 0 Å². The van der Waals surface area contributed by atoms with Crippen molar-refractivity contribution in [2.45, 2.75) is 46.6 Å². The predicted octanol–water partition coefficient (Wildman–Crippen LogP) is 3.73. The molecule has 1 aromatic rings. The second kappa shape index (κ2) is 6.41. The number of anilines is 1. The quantitative estimate of drug-likeness (QED) is 0.866. The molecule has 0 spiro atoms. The lowest BCUT2D eigenvalue weighted by molar-refractivity contribution is -0.143. The minimum absolute atomic E-state index is 0.0395. The Morgan fingerprint density at radius 3 is 2.59 bits per heavy atom. The molecule has 4 nitrogen and oxygen atoms in total. The molecular weight excluding hydrogens is 344 g/mol. The zero-order valence-corrected chi connectivity index (χ0v) is 15.2. The van der Waals surface area contributed by atoms with Gasteiger partial charge >= 0.3 is 0 Å². The number of nitrogens with zero attached hydrogens (tertiary/aromatic N) is 1. The summed E-state index contributed by atoms with van der Waals surface area (Å²) in [6.45, 7) is 8.28. The second-order valence-corrected chi connectivity index (χ2v) is 7.77. The van der Waals surface area contributed by atoms with Crippen LogP contribution in [0.4, 0.5) is 5.69 Å². The highest BCUT2D eigenvalue weighted by Gasteiger charge is 2.38. The number of amides is 2. The lowest BCUT2D eigenvalue weighted by Crippen LogP contribution is -2.47. The fourth-order valence-electron chi connectivity index (χ4n) is 2.70. The third-order valence-corrected chi connectivity index (χ3v) is 4.40. The molecule has 0 bridgehead atoms. The van der Waals surface area contributed by atoms with Gasteiger partial charge in [-0.3, -0.25) is 9.59 Å². The maximum atomic E-state index is 12.6. The molecule has 2 rings (SSSR count). The lowest BCUT2D eigenvalue weighted by Gasteiger charge is -2.30. The number of benzene rings is 1. The Kier molecular flexibility index (Phi) is 4.95. The van der Waals surface area contributed by atoms with Gasteiger partial charge in [-0.05, 0) is 43.5 Å². The maximum absolute atomic E-state index is 12.6. The highest BCUT2D eigenvalue weighted by atomic mass is 79.9. The molecule has 1 saturated heterocycles. The maximum Gasteiger partial charge on any atom is 0.247 e. The average Bonchev–Trinajstić information content (AvgIpc) is 2.89. The van der Waals surface area contributed by atoms with Crippen LogP contribution < -0.4 is 5.32 Å². The number of rotatable bonds is 2. The van der Waals surface area contributed by atoms with Gasteiger partial charge in [0.05, 0.1) is 0 Å². The molecule has 1 unspecified atom stereocenters. The van der Waals surface area contributed by atoms with Crippen LogP contribution in [0.5, 0.6) is 0 Å². The molecule has 1 aromatic carbocycles. The Labute approximate surface area is 140 Å². The Balaban J connectivity index is 2.13. The molecule has 1 fully saturated rings. The highest BCUT2D eigenvalue weighted by molar-refractivity contribution is 9.10. The minimum Gasteiger partial charge on any atom is -0.330 e. The average molecular weight is 367 g/mol. The van der Waals surface area contributed by atoms with Crippen molar-refractivity contribution in [3.8, 4) is 0 Å². The molecule has 22 heavy (non-hydrogen) atoms. The van der Waals surface area contributed by atoms with E-state index in [9.17, 15) is 9.59 Å². The van der Waals surface area contributed by atoms with Gasteiger partial charge in [-0.15, -0.1) is 0 Å². The van der Waals surface area contributed by atoms with Gasteiger partial charge < -0.3 is 10.2 Å². The fourth-order valence-corrected chi connectivity index (χ4v) is 3.17. The Bertz CT molecular complexity index is 593. The number of aryl methyl sites for hydroxylation is 1. The Morgan fingerprint density at radius 2 is 2.00 bits per heavy atom. The summed E-state index contributed by atoms with van der Waals surface area (Å²) in [7, 11) is 0. The molecule has 5 heteroatoms. The van der Waals surface area contributed by atoms with E-state index in [4.69, 9.17) is 0 Å². The number of hydrogen-bond donors (Lipinski definition) is 1. The number of likely N-dealkylation sites (tertiary alicyclic amines) is 1. The van der Waals surface area contributed by atoms with Crippen LogP contribution in [-0.2, 0) is 9.59 Å². The van der Waals surface area contributed by atoms with Crippen LogP contribution >= 0.6 is 15.9 Å². The summed E-state index contributed by atoms with van der Waals surface area (Å²) in [4.78, 5) is 26.8. The monoisotopic (exact) mass is 366 g/mol. The molecule has 120 valence electrons. The normalized spacial score (nSPS) is 18.4. The summed E-state index contributed by atoms with van der Waals surface area (Å²) in [5.74, 6) is -0.0572. The first-order valence-corrected chi connectivity index (χ1v) is 8.37. The van der Waals surface area contributed by atoms with Crippen LogP contribution in [0, 0.1) is 12.3 Å². The molecule has 1 aliphatic rings. The SMILES string of the molecule is Cc1cc(Br)ccc1NC(=O)C1CCCN1C(=O)C(C)(C)C. The van der Waals surface area contributed by atoms with Gasteiger partial charge in [0.2, 0.25) is 11.8 Å². The summed E-state index contributed by atoms with van der Waals surface area (Å²) in [6, 6.07) is 5.37. The number of halogens is 1. The van der Waals surface area contributed by atoms with E-state index in [0.717, 1.165) is 28.6 Å². The van der Waals surface area contributed by atoms with Crippen molar-refractivity contribution >= 4 is 33.4 Å². The summed E-state index contributed by atoms with van der Waals surface area (Å²) in [5.41, 5.74) is 1.33. The van der Waals surface area contributed by atoms with Crippen LogP contribution in [-0.4, -0.2) is 29.3 Å². The van der Waals surface area contributed by atoms with Crippen molar-refractivity contribution in [2.24, 2.45) is 5.41 Å². The van der Waals surface area contributed by atoms with Gasteiger partial charge in [-0.2, -0.15) is 0 Å². The molecular formula is C17H23BrN2O2. The largest absolute Gasteiger partial charge is 0.330 e. The standard InChI is InChI=1S/C17H23BrN2O2/c1-11-10-12(18)7-8-13(11)19-15(21)14-6-5-9-20(14)16(22)17(2,3)4/h7-8,10,14H,5-6,9H2,1-4H3,(H,19,21). The fraction of sp³-hybridized carbons (Fsp3) is 0.529.